The Balaban J connectivity index is 1.98. The Kier molecular flexibility index (Phi) is 4.25. The molecule has 23 heavy (non-hydrogen) atoms. The number of hydrogen-bond donors (Lipinski definition) is 0. The van der Waals surface area contributed by atoms with Crippen molar-refractivity contribution in [1.29, 1.82) is 0 Å². The van der Waals surface area contributed by atoms with Gasteiger partial charge in [-0.25, -0.2) is 4.90 Å². The molecular weight excluding hydrogens is 314 g/mol. The van der Waals surface area contributed by atoms with Gasteiger partial charge in [-0.3, -0.25) is 13.8 Å². The zero-order valence-electron chi connectivity index (χ0n) is 12.5. The van der Waals surface area contributed by atoms with E-state index in [1.54, 1.807) is 55.6 Å². The van der Waals surface area contributed by atoms with E-state index in [0.717, 1.165) is 4.90 Å². The van der Waals surface area contributed by atoms with Gasteiger partial charge >= 0.3 is 0 Å². The van der Waals surface area contributed by atoms with E-state index >= 15 is 0 Å². The predicted octanol–water partition coefficient (Wildman–Crippen LogP) is 2.06. The van der Waals surface area contributed by atoms with Crippen LogP contribution >= 0.6 is 0 Å². The first-order valence-corrected chi connectivity index (χ1v) is 8.43. The number of ether oxygens (including phenoxy) is 1. The average molecular weight is 329 g/mol. The number of carbonyl (C=O) groups excluding carboxylic acids is 2. The zero-order valence-corrected chi connectivity index (χ0v) is 13.3. The topological polar surface area (TPSA) is 63.7 Å². The van der Waals surface area contributed by atoms with Crippen molar-refractivity contribution in [1.82, 2.24) is 0 Å². The van der Waals surface area contributed by atoms with Gasteiger partial charge in [0.25, 0.3) is 5.91 Å². The quantitative estimate of drug-likeness (QED) is 0.809. The molecule has 2 aromatic carbocycles. The molecular formula is C17H15NO4S. The summed E-state index contributed by atoms with van der Waals surface area (Å²) in [5.41, 5.74) is 1.11. The number of rotatable bonds is 3. The molecule has 2 aromatic rings. The highest BCUT2D eigenvalue weighted by Gasteiger charge is 2.41. The highest BCUT2D eigenvalue weighted by molar-refractivity contribution is 7.87. The van der Waals surface area contributed by atoms with Gasteiger partial charge in [0, 0.05) is 10.8 Å². The van der Waals surface area contributed by atoms with Gasteiger partial charge in [0.15, 0.2) is 0 Å². The van der Waals surface area contributed by atoms with Crippen molar-refractivity contribution in [2.75, 3.05) is 17.8 Å². The van der Waals surface area contributed by atoms with Crippen LogP contribution in [0.15, 0.2) is 54.6 Å². The monoisotopic (exact) mass is 329 g/mol. The van der Waals surface area contributed by atoms with Crippen LogP contribution in [0.25, 0.3) is 0 Å². The van der Waals surface area contributed by atoms with Crippen LogP contribution in [0.4, 0.5) is 5.69 Å². The van der Waals surface area contributed by atoms with E-state index in [-0.39, 0.29) is 5.75 Å². The summed E-state index contributed by atoms with van der Waals surface area (Å²) in [5.74, 6) is -0.451. The number of imide groups is 1. The maximum absolute atomic E-state index is 12.8. The minimum absolute atomic E-state index is 0.169. The molecule has 5 nitrogen and oxygen atoms in total. The molecule has 1 aliphatic heterocycles. The zero-order chi connectivity index (χ0) is 16.4. The molecule has 1 aliphatic rings. The number of carbonyl (C=O) groups is 2. The molecule has 0 aromatic heterocycles. The van der Waals surface area contributed by atoms with E-state index in [9.17, 15) is 13.8 Å². The largest absolute Gasteiger partial charge is 0.497 e. The van der Waals surface area contributed by atoms with Crippen LogP contribution in [0, 0.1) is 0 Å². The van der Waals surface area contributed by atoms with Crippen LogP contribution in [0.3, 0.4) is 0 Å². The Morgan fingerprint density at radius 2 is 1.70 bits per heavy atom. The van der Waals surface area contributed by atoms with Gasteiger partial charge in [-0.1, -0.05) is 30.3 Å². The highest BCUT2D eigenvalue weighted by Crippen LogP contribution is 2.31. The van der Waals surface area contributed by atoms with E-state index in [0.29, 0.717) is 17.0 Å². The smallest absolute Gasteiger partial charge is 0.254 e. The Hall–Kier alpha value is -2.47. The molecule has 1 saturated heterocycles. The first-order valence-electron chi connectivity index (χ1n) is 7.05. The summed E-state index contributed by atoms with van der Waals surface area (Å²) >= 11 is 0. The number of benzene rings is 2. The fourth-order valence-corrected chi connectivity index (χ4v) is 3.88. The normalized spacial score (nSPS) is 21.3. The van der Waals surface area contributed by atoms with Crippen molar-refractivity contribution in [2.24, 2.45) is 0 Å². The third-order valence-corrected chi connectivity index (χ3v) is 5.19. The molecule has 0 N–H and O–H groups in total. The van der Waals surface area contributed by atoms with E-state index in [1.807, 2.05) is 6.07 Å². The van der Waals surface area contributed by atoms with E-state index in [2.05, 4.69) is 0 Å². The maximum Gasteiger partial charge on any atom is 0.254 e. The van der Waals surface area contributed by atoms with Crippen molar-refractivity contribution in [3.8, 4) is 5.75 Å². The second-order valence-electron chi connectivity index (χ2n) is 5.08. The predicted molar refractivity (Wildman–Crippen MR) is 87.7 cm³/mol. The fraction of sp³-hybridized carbons (Fsp3) is 0.176. The summed E-state index contributed by atoms with van der Waals surface area (Å²) in [6, 6.07) is 15.5. The minimum atomic E-state index is -1.56. The van der Waals surface area contributed by atoms with Crippen LogP contribution in [0.1, 0.15) is 10.8 Å². The third-order valence-electron chi connectivity index (χ3n) is 3.66. The molecule has 6 heteroatoms. The van der Waals surface area contributed by atoms with Gasteiger partial charge in [0.05, 0.1) is 12.8 Å². The molecule has 0 radical (unpaired) electrons. The molecule has 1 heterocycles. The van der Waals surface area contributed by atoms with Crippen molar-refractivity contribution >= 4 is 28.3 Å². The van der Waals surface area contributed by atoms with Crippen molar-refractivity contribution in [2.45, 2.75) is 5.25 Å². The Morgan fingerprint density at radius 3 is 2.30 bits per heavy atom. The molecule has 0 bridgehead atoms. The van der Waals surface area contributed by atoms with E-state index in [4.69, 9.17) is 4.74 Å². The fourth-order valence-electron chi connectivity index (χ4n) is 2.55. The van der Waals surface area contributed by atoms with E-state index in [1.165, 1.54) is 0 Å². The summed E-state index contributed by atoms with van der Waals surface area (Å²) in [5, 5.41) is -0.823. The van der Waals surface area contributed by atoms with E-state index < -0.39 is 27.9 Å². The standard InChI is InChI=1S/C17H15NO4S/c1-22-14-9-7-13(8-10-14)18-15(19)11-23(21)16(17(18)20)12-5-3-2-4-6-12/h2-10,16H,11H2,1H3/t16-,23-/m0/s1. The summed E-state index contributed by atoms with van der Waals surface area (Å²) < 4.78 is 17.4. The lowest BCUT2D eigenvalue weighted by atomic mass is 10.1. The molecule has 2 atom stereocenters. The summed E-state index contributed by atoms with van der Waals surface area (Å²) in [7, 11) is -0.0126. The Bertz CT molecular complexity index is 758. The van der Waals surface area contributed by atoms with Gasteiger partial charge < -0.3 is 4.74 Å². The van der Waals surface area contributed by atoms with Crippen LogP contribution in [-0.4, -0.2) is 28.9 Å². The molecule has 118 valence electrons. The van der Waals surface area contributed by atoms with Gasteiger partial charge in [-0.05, 0) is 29.8 Å². The van der Waals surface area contributed by atoms with Gasteiger partial charge in [-0.15, -0.1) is 0 Å². The summed E-state index contributed by atoms with van der Waals surface area (Å²) in [4.78, 5) is 26.1. The summed E-state index contributed by atoms with van der Waals surface area (Å²) in [6.45, 7) is 0. The van der Waals surface area contributed by atoms with Gasteiger partial charge in [-0.2, -0.15) is 0 Å². The third kappa shape index (κ3) is 2.90. The molecule has 3 rings (SSSR count). The average Bonchev–Trinajstić information content (AvgIpc) is 2.56. The van der Waals surface area contributed by atoms with Crippen LogP contribution in [0.2, 0.25) is 0 Å². The number of nitrogens with zero attached hydrogens (tertiary/aromatic N) is 1. The molecule has 0 saturated carbocycles. The SMILES string of the molecule is COc1ccc(N2C(=O)C[S@](=O)[C@@H](c3ccccc3)C2=O)cc1. The highest BCUT2D eigenvalue weighted by atomic mass is 32.2. The van der Waals surface area contributed by atoms with Gasteiger partial charge in [0.2, 0.25) is 5.91 Å². The van der Waals surface area contributed by atoms with Crippen LogP contribution in [-0.2, 0) is 20.4 Å². The minimum Gasteiger partial charge on any atom is -0.497 e. The van der Waals surface area contributed by atoms with Crippen molar-refractivity contribution < 1.29 is 18.5 Å². The van der Waals surface area contributed by atoms with Crippen LogP contribution in [0.5, 0.6) is 5.75 Å². The number of amides is 2. The lowest BCUT2D eigenvalue weighted by Crippen LogP contribution is -2.49. The Morgan fingerprint density at radius 1 is 1.04 bits per heavy atom. The lowest BCUT2D eigenvalue weighted by Gasteiger charge is -2.30. The lowest BCUT2D eigenvalue weighted by molar-refractivity contribution is -0.125. The second kappa shape index (κ2) is 6.34. The van der Waals surface area contributed by atoms with Crippen molar-refractivity contribution in [3.05, 3.63) is 60.2 Å². The molecule has 0 unspecified atom stereocenters. The Labute approximate surface area is 136 Å². The van der Waals surface area contributed by atoms with Crippen LogP contribution < -0.4 is 9.64 Å². The second-order valence-corrected chi connectivity index (χ2v) is 6.60. The summed E-state index contributed by atoms with van der Waals surface area (Å²) in [6.07, 6.45) is 0. The molecule has 0 spiro atoms. The number of methoxy groups -OCH3 is 1. The molecule has 2 amide bonds. The first-order chi connectivity index (χ1) is 11.1. The van der Waals surface area contributed by atoms with Gasteiger partial charge in [0.1, 0.15) is 16.8 Å². The number of hydrogen-bond acceptors (Lipinski definition) is 4. The first kappa shape index (κ1) is 15.4. The van der Waals surface area contributed by atoms with Crippen molar-refractivity contribution in [3.63, 3.8) is 0 Å². The molecule has 0 aliphatic carbocycles. The maximum atomic E-state index is 12.8. The number of anilines is 1. The molecule has 1 fully saturated rings.